The number of methoxy groups -OCH3 is 1. The Morgan fingerprint density at radius 1 is 1.11 bits per heavy atom. The van der Waals surface area contributed by atoms with Crippen molar-refractivity contribution in [3.05, 3.63) is 52.4 Å². The monoisotopic (exact) mass is 535 g/mol. The lowest BCUT2D eigenvalue weighted by Crippen LogP contribution is -2.44. The molecule has 1 atom stereocenters. The van der Waals surface area contributed by atoms with Crippen molar-refractivity contribution in [2.75, 3.05) is 26.7 Å². The molecule has 1 aliphatic heterocycles. The topological polar surface area (TPSA) is 102 Å². The van der Waals surface area contributed by atoms with Crippen LogP contribution in [0.3, 0.4) is 0 Å². The maximum absolute atomic E-state index is 13.3. The number of carbonyl (C=O) groups is 1. The molecule has 0 radical (unpaired) electrons. The lowest BCUT2D eigenvalue weighted by atomic mass is 10.0. The van der Waals surface area contributed by atoms with Crippen LogP contribution in [0.25, 0.3) is 0 Å². The molecule has 1 unspecified atom stereocenters. The highest BCUT2D eigenvalue weighted by Gasteiger charge is 2.31. The third-order valence-corrected chi connectivity index (χ3v) is 10.3. The number of ether oxygens (including phenoxy) is 1. The van der Waals surface area contributed by atoms with Crippen molar-refractivity contribution in [1.29, 1.82) is 0 Å². The smallest absolute Gasteiger partial charge is 0.252 e. The number of nitrogens with two attached hydrogens (primary N) is 1. The number of benzene rings is 1. The number of thiophene rings is 1. The number of hydrogen-bond acceptors (Lipinski definition) is 6. The van der Waals surface area contributed by atoms with E-state index in [9.17, 15) is 13.2 Å². The van der Waals surface area contributed by atoms with Gasteiger partial charge >= 0.3 is 0 Å². The quantitative estimate of drug-likeness (QED) is 0.310. The van der Waals surface area contributed by atoms with E-state index in [4.69, 9.17) is 10.5 Å². The molecule has 0 bridgehead atoms. The Hall–Kier alpha value is -1.78. The van der Waals surface area contributed by atoms with Gasteiger partial charge in [0.15, 0.2) is 0 Å². The lowest BCUT2D eigenvalue weighted by Gasteiger charge is -2.31. The van der Waals surface area contributed by atoms with Crippen LogP contribution in [-0.4, -0.2) is 51.4 Å². The van der Waals surface area contributed by atoms with E-state index in [2.05, 4.69) is 12.2 Å². The number of nitrogens with zero attached hydrogens (tertiary/aromatic N) is 1. The molecule has 9 heteroatoms. The summed E-state index contributed by atoms with van der Waals surface area (Å²) >= 11 is 1.22. The van der Waals surface area contributed by atoms with E-state index >= 15 is 0 Å². The van der Waals surface area contributed by atoms with Gasteiger partial charge in [-0.25, -0.2) is 8.42 Å². The van der Waals surface area contributed by atoms with Gasteiger partial charge in [-0.05, 0) is 55.6 Å². The van der Waals surface area contributed by atoms with Gasteiger partial charge in [-0.2, -0.15) is 4.31 Å². The first-order chi connectivity index (χ1) is 17.4. The number of carbonyl (C=O) groups excluding carboxylic acids is 1. The van der Waals surface area contributed by atoms with E-state index in [0.717, 1.165) is 29.8 Å². The number of hydrogen-bond donors (Lipinski definition) is 2. The van der Waals surface area contributed by atoms with E-state index in [-0.39, 0.29) is 0 Å². The fourth-order valence-electron chi connectivity index (χ4n) is 4.70. The Balaban J connectivity index is 1.51. The highest BCUT2D eigenvalue weighted by molar-refractivity contribution is 7.91. The number of nitrogens with one attached hydrogen (secondary N) is 1. The van der Waals surface area contributed by atoms with Crippen LogP contribution in [0.15, 0.2) is 40.6 Å². The van der Waals surface area contributed by atoms with E-state index < -0.39 is 22.0 Å². The van der Waals surface area contributed by atoms with Crippen molar-refractivity contribution in [1.82, 2.24) is 9.62 Å². The molecule has 7 nitrogen and oxygen atoms in total. The molecular formula is C27H41N3O4S2. The van der Waals surface area contributed by atoms with Gasteiger partial charge in [0.25, 0.3) is 10.0 Å². The number of primary amides is 1. The molecular weight excluding hydrogens is 494 g/mol. The third-order valence-electron chi connectivity index (χ3n) is 6.83. The Kier molecular flexibility index (Phi) is 11.4. The van der Waals surface area contributed by atoms with Gasteiger partial charge in [0, 0.05) is 36.7 Å². The minimum Gasteiger partial charge on any atom is -0.371 e. The zero-order valence-electron chi connectivity index (χ0n) is 21.6. The summed E-state index contributed by atoms with van der Waals surface area (Å²) in [4.78, 5) is 12.3. The van der Waals surface area contributed by atoms with Crippen molar-refractivity contribution in [3.63, 3.8) is 0 Å². The Labute approximate surface area is 220 Å². The minimum absolute atomic E-state index is 0.320. The Bertz CT molecular complexity index is 1060. The zero-order chi connectivity index (χ0) is 26.0. The molecule has 1 saturated heterocycles. The summed E-state index contributed by atoms with van der Waals surface area (Å²) in [7, 11) is -1.99. The predicted octanol–water partition coefficient (Wildman–Crippen LogP) is 5.08. The predicted molar refractivity (Wildman–Crippen MR) is 146 cm³/mol. The first-order valence-corrected chi connectivity index (χ1v) is 15.4. The molecule has 1 aromatic carbocycles. The number of piperidine rings is 1. The Morgan fingerprint density at radius 2 is 1.81 bits per heavy atom. The molecule has 1 amide bonds. The number of sulfonamides is 1. The summed E-state index contributed by atoms with van der Waals surface area (Å²) in [6.45, 7) is 4.30. The standard InChI is InChI=1S/C27H41N3O4S2/c1-3-4-5-6-7-8-9-17-29-23-15-18-30(19-16-23)36(32,33)25-14-13-24(35-25)26(34-2)21-11-10-12-22(20-21)27(28)31/h10-14,20,23,26,29H,3-9,15-19H2,1-2H3,(H2,28,31). The molecule has 36 heavy (non-hydrogen) atoms. The summed E-state index contributed by atoms with van der Waals surface area (Å²) in [5.74, 6) is -0.513. The first kappa shape index (κ1) is 28.8. The van der Waals surface area contributed by atoms with Crippen molar-refractivity contribution in [3.8, 4) is 0 Å². The summed E-state index contributed by atoms with van der Waals surface area (Å²) in [5, 5.41) is 3.62. The van der Waals surface area contributed by atoms with E-state index in [1.54, 1.807) is 41.7 Å². The second-order valence-corrected chi connectivity index (χ2v) is 12.8. The number of rotatable bonds is 15. The van der Waals surface area contributed by atoms with Gasteiger partial charge < -0.3 is 15.8 Å². The van der Waals surface area contributed by atoms with E-state index in [1.807, 2.05) is 6.07 Å². The minimum atomic E-state index is -3.56. The normalized spacial score (nSPS) is 16.3. The molecule has 1 fully saturated rings. The second kappa shape index (κ2) is 14.2. The molecule has 3 N–H and O–H groups in total. The van der Waals surface area contributed by atoms with Crippen molar-refractivity contribution in [2.45, 2.75) is 81.1 Å². The number of unbranched alkanes of at least 4 members (excludes halogenated alkanes) is 6. The molecule has 0 spiro atoms. The molecule has 0 saturated carbocycles. The summed E-state index contributed by atoms with van der Waals surface area (Å²) in [6.07, 6.45) is 10.2. The van der Waals surface area contributed by atoms with Gasteiger partial charge in [-0.15, -0.1) is 11.3 Å². The molecule has 1 aliphatic rings. The van der Waals surface area contributed by atoms with Crippen LogP contribution in [0.5, 0.6) is 0 Å². The van der Waals surface area contributed by atoms with Gasteiger partial charge in [0.2, 0.25) is 5.91 Å². The van der Waals surface area contributed by atoms with Crippen LogP contribution < -0.4 is 11.1 Å². The fraction of sp³-hybridized carbons (Fsp3) is 0.593. The van der Waals surface area contributed by atoms with Crippen LogP contribution in [-0.2, 0) is 14.8 Å². The first-order valence-electron chi connectivity index (χ1n) is 13.1. The highest BCUT2D eigenvalue weighted by atomic mass is 32.2. The molecule has 1 aromatic heterocycles. The van der Waals surface area contributed by atoms with Crippen molar-refractivity contribution < 1.29 is 17.9 Å². The van der Waals surface area contributed by atoms with E-state index in [1.165, 1.54) is 56.3 Å². The molecule has 0 aliphatic carbocycles. The largest absolute Gasteiger partial charge is 0.371 e. The SMILES string of the molecule is CCCCCCCCCNC1CCN(S(=O)(=O)c2ccc(C(OC)c3cccc(C(N)=O)c3)s2)CC1. The average Bonchev–Trinajstić information content (AvgIpc) is 3.37. The van der Waals surface area contributed by atoms with Crippen molar-refractivity contribution >= 4 is 27.3 Å². The second-order valence-electron chi connectivity index (χ2n) is 9.52. The van der Waals surface area contributed by atoms with Gasteiger partial charge in [-0.1, -0.05) is 57.6 Å². The van der Waals surface area contributed by atoms with Gasteiger partial charge in [0.1, 0.15) is 10.3 Å². The van der Waals surface area contributed by atoms with Crippen LogP contribution in [0, 0.1) is 0 Å². The Morgan fingerprint density at radius 3 is 2.47 bits per heavy atom. The summed E-state index contributed by atoms with van der Waals surface area (Å²) in [6, 6.07) is 10.8. The van der Waals surface area contributed by atoms with Gasteiger partial charge in [-0.3, -0.25) is 4.79 Å². The zero-order valence-corrected chi connectivity index (χ0v) is 23.2. The van der Waals surface area contributed by atoms with E-state index in [0.29, 0.717) is 28.9 Å². The summed E-state index contributed by atoms with van der Waals surface area (Å²) in [5.41, 5.74) is 6.56. The fourth-order valence-corrected chi connectivity index (χ4v) is 7.76. The van der Waals surface area contributed by atoms with Crippen molar-refractivity contribution in [2.24, 2.45) is 5.73 Å². The lowest BCUT2D eigenvalue weighted by molar-refractivity contribution is 0.0999. The van der Waals surface area contributed by atoms with Crippen LogP contribution in [0.1, 0.15) is 91.6 Å². The highest BCUT2D eigenvalue weighted by Crippen LogP contribution is 2.35. The molecule has 200 valence electrons. The molecule has 3 rings (SSSR count). The van der Waals surface area contributed by atoms with Crippen LogP contribution >= 0.6 is 11.3 Å². The third kappa shape index (κ3) is 7.86. The molecule has 2 heterocycles. The van der Waals surface area contributed by atoms with Crippen LogP contribution in [0.4, 0.5) is 0 Å². The maximum atomic E-state index is 13.3. The average molecular weight is 536 g/mol. The van der Waals surface area contributed by atoms with Gasteiger partial charge in [0.05, 0.1) is 0 Å². The maximum Gasteiger partial charge on any atom is 0.252 e. The molecule has 2 aromatic rings. The number of amides is 1. The van der Waals surface area contributed by atoms with Crippen LogP contribution in [0.2, 0.25) is 0 Å². The summed E-state index contributed by atoms with van der Waals surface area (Å²) < 4.78 is 34.2.